The Hall–Kier alpha value is -0.0800. The fourth-order valence-electron chi connectivity index (χ4n) is 1.98. The van der Waals surface area contributed by atoms with Gasteiger partial charge in [0.25, 0.3) is 0 Å². The fourth-order valence-corrected chi connectivity index (χ4v) is 1.98. The van der Waals surface area contributed by atoms with Gasteiger partial charge in [-0.1, -0.05) is 40.5 Å². The van der Waals surface area contributed by atoms with Crippen LogP contribution in [0.25, 0.3) is 0 Å². The van der Waals surface area contributed by atoms with Gasteiger partial charge in [-0.2, -0.15) is 0 Å². The van der Waals surface area contributed by atoms with Crippen LogP contribution in [0.2, 0.25) is 0 Å². The van der Waals surface area contributed by atoms with Gasteiger partial charge in [0, 0.05) is 20.2 Å². The molecule has 2 nitrogen and oxygen atoms in total. The third-order valence-electron chi connectivity index (χ3n) is 3.73. The molecular formula is C13H29NO. The van der Waals surface area contributed by atoms with Crippen molar-refractivity contribution in [3.05, 3.63) is 0 Å². The van der Waals surface area contributed by atoms with E-state index in [0.717, 1.165) is 25.6 Å². The highest BCUT2D eigenvalue weighted by atomic mass is 16.5. The lowest BCUT2D eigenvalue weighted by atomic mass is 9.74. The molecule has 0 saturated heterocycles. The summed E-state index contributed by atoms with van der Waals surface area (Å²) in [4.78, 5) is 0. The first-order valence-electron chi connectivity index (χ1n) is 6.30. The first-order valence-corrected chi connectivity index (χ1v) is 6.30. The van der Waals surface area contributed by atoms with Crippen LogP contribution in [-0.4, -0.2) is 26.8 Å². The fraction of sp³-hybridized carbons (Fsp3) is 1.00. The van der Waals surface area contributed by atoms with E-state index in [-0.39, 0.29) is 0 Å². The van der Waals surface area contributed by atoms with E-state index < -0.39 is 0 Å². The summed E-state index contributed by atoms with van der Waals surface area (Å²) in [5.41, 5.74) is 0.434. The van der Waals surface area contributed by atoms with Gasteiger partial charge in [-0.25, -0.2) is 0 Å². The van der Waals surface area contributed by atoms with Gasteiger partial charge in [0.05, 0.1) is 6.61 Å². The van der Waals surface area contributed by atoms with Crippen LogP contribution in [0.15, 0.2) is 0 Å². The molecule has 0 aromatic heterocycles. The van der Waals surface area contributed by atoms with Crippen LogP contribution in [0.4, 0.5) is 0 Å². The Morgan fingerprint density at radius 3 is 2.47 bits per heavy atom. The van der Waals surface area contributed by atoms with E-state index in [1.807, 2.05) is 0 Å². The zero-order valence-corrected chi connectivity index (χ0v) is 11.2. The largest absolute Gasteiger partial charge is 0.383 e. The molecule has 15 heavy (non-hydrogen) atoms. The van der Waals surface area contributed by atoms with E-state index in [1.165, 1.54) is 19.3 Å². The van der Waals surface area contributed by atoms with Crippen molar-refractivity contribution in [1.82, 2.24) is 5.32 Å². The Bertz CT molecular complexity index is 149. The lowest BCUT2D eigenvalue weighted by Crippen LogP contribution is -2.37. The minimum atomic E-state index is 0.434. The van der Waals surface area contributed by atoms with Gasteiger partial charge in [-0.3, -0.25) is 0 Å². The van der Waals surface area contributed by atoms with Crippen LogP contribution in [0.5, 0.6) is 0 Å². The molecule has 0 aromatic carbocycles. The van der Waals surface area contributed by atoms with Gasteiger partial charge in [0.2, 0.25) is 0 Å². The number of ether oxygens (including phenoxy) is 1. The maximum atomic E-state index is 5.04. The highest BCUT2D eigenvalue weighted by Gasteiger charge is 2.27. The van der Waals surface area contributed by atoms with Gasteiger partial charge in [0.15, 0.2) is 0 Å². The van der Waals surface area contributed by atoms with E-state index in [4.69, 9.17) is 4.74 Å². The highest BCUT2D eigenvalue weighted by molar-refractivity contribution is 4.80. The number of rotatable bonds is 9. The summed E-state index contributed by atoms with van der Waals surface area (Å²) in [7, 11) is 1.75. The molecule has 0 bridgehead atoms. The highest BCUT2D eigenvalue weighted by Crippen LogP contribution is 2.33. The predicted molar refractivity (Wildman–Crippen MR) is 67.2 cm³/mol. The normalized spacial score (nSPS) is 17.4. The Labute approximate surface area is 95.8 Å². The summed E-state index contributed by atoms with van der Waals surface area (Å²) in [6.07, 6.45) is 3.86. The van der Waals surface area contributed by atoms with E-state index in [1.54, 1.807) is 7.11 Å². The monoisotopic (exact) mass is 215 g/mol. The Kier molecular flexibility index (Phi) is 8.07. The number of methoxy groups -OCH3 is 1. The summed E-state index contributed by atoms with van der Waals surface area (Å²) in [6, 6.07) is 0. The average molecular weight is 215 g/mol. The second kappa shape index (κ2) is 8.12. The van der Waals surface area contributed by atoms with Crippen LogP contribution < -0.4 is 5.32 Å². The minimum Gasteiger partial charge on any atom is -0.383 e. The summed E-state index contributed by atoms with van der Waals surface area (Å²) in [5.74, 6) is 0.794. The molecule has 0 fully saturated rings. The van der Waals surface area contributed by atoms with Gasteiger partial charge >= 0.3 is 0 Å². The number of nitrogens with one attached hydrogen (secondary N) is 1. The molecular weight excluding hydrogens is 186 g/mol. The quantitative estimate of drug-likeness (QED) is 0.597. The van der Waals surface area contributed by atoms with Crippen molar-refractivity contribution in [3.8, 4) is 0 Å². The predicted octanol–water partition coefficient (Wildman–Crippen LogP) is 3.07. The van der Waals surface area contributed by atoms with Crippen LogP contribution in [-0.2, 0) is 4.74 Å². The van der Waals surface area contributed by atoms with Crippen molar-refractivity contribution in [2.75, 3.05) is 26.8 Å². The molecule has 1 N–H and O–H groups in total. The lowest BCUT2D eigenvalue weighted by molar-refractivity contribution is 0.158. The SMILES string of the molecule is CCCC(C)C(C)(CC)CNCCOC. The van der Waals surface area contributed by atoms with Crippen molar-refractivity contribution in [2.45, 2.75) is 47.0 Å². The molecule has 0 rings (SSSR count). The summed E-state index contributed by atoms with van der Waals surface area (Å²) in [5, 5.41) is 3.49. The van der Waals surface area contributed by atoms with Gasteiger partial charge in [-0.15, -0.1) is 0 Å². The second-order valence-electron chi connectivity index (χ2n) is 4.87. The van der Waals surface area contributed by atoms with Crippen LogP contribution in [0.1, 0.15) is 47.0 Å². The molecule has 0 aliphatic heterocycles. The summed E-state index contributed by atoms with van der Waals surface area (Å²) >= 11 is 0. The van der Waals surface area contributed by atoms with Gasteiger partial charge in [0.1, 0.15) is 0 Å². The molecule has 0 amide bonds. The van der Waals surface area contributed by atoms with Crippen LogP contribution in [0, 0.1) is 11.3 Å². The molecule has 0 aliphatic carbocycles. The summed E-state index contributed by atoms with van der Waals surface area (Å²) < 4.78 is 5.04. The standard InChI is InChI=1S/C13H29NO/c1-6-8-12(3)13(4,7-2)11-14-9-10-15-5/h12,14H,6-11H2,1-5H3. The van der Waals surface area contributed by atoms with Crippen molar-refractivity contribution in [2.24, 2.45) is 11.3 Å². The minimum absolute atomic E-state index is 0.434. The van der Waals surface area contributed by atoms with Crippen LogP contribution in [0.3, 0.4) is 0 Å². The average Bonchev–Trinajstić information content (AvgIpc) is 2.24. The molecule has 2 atom stereocenters. The zero-order valence-electron chi connectivity index (χ0n) is 11.2. The molecule has 2 heteroatoms. The molecule has 0 radical (unpaired) electrons. The molecule has 0 spiro atoms. The van der Waals surface area contributed by atoms with Gasteiger partial charge < -0.3 is 10.1 Å². The maximum absolute atomic E-state index is 5.04. The Morgan fingerprint density at radius 1 is 1.33 bits per heavy atom. The number of hydrogen-bond donors (Lipinski definition) is 1. The molecule has 2 unspecified atom stereocenters. The van der Waals surface area contributed by atoms with Crippen molar-refractivity contribution in [3.63, 3.8) is 0 Å². The Balaban J connectivity index is 3.94. The van der Waals surface area contributed by atoms with Crippen molar-refractivity contribution in [1.29, 1.82) is 0 Å². The topological polar surface area (TPSA) is 21.3 Å². The maximum Gasteiger partial charge on any atom is 0.0587 e. The lowest BCUT2D eigenvalue weighted by Gasteiger charge is -2.35. The molecule has 0 saturated carbocycles. The zero-order chi connectivity index (χ0) is 11.7. The first-order chi connectivity index (χ1) is 7.10. The second-order valence-corrected chi connectivity index (χ2v) is 4.87. The smallest absolute Gasteiger partial charge is 0.0587 e. The van der Waals surface area contributed by atoms with Gasteiger partial charge in [-0.05, 0) is 17.8 Å². The van der Waals surface area contributed by atoms with E-state index in [2.05, 4.69) is 33.0 Å². The number of hydrogen-bond acceptors (Lipinski definition) is 2. The van der Waals surface area contributed by atoms with E-state index in [9.17, 15) is 0 Å². The van der Waals surface area contributed by atoms with E-state index >= 15 is 0 Å². The van der Waals surface area contributed by atoms with Crippen molar-refractivity contribution < 1.29 is 4.74 Å². The molecule has 0 aliphatic rings. The Morgan fingerprint density at radius 2 is 2.00 bits per heavy atom. The first kappa shape index (κ1) is 14.9. The summed E-state index contributed by atoms with van der Waals surface area (Å²) in [6.45, 7) is 12.2. The third kappa shape index (κ3) is 5.53. The van der Waals surface area contributed by atoms with Crippen LogP contribution >= 0.6 is 0 Å². The van der Waals surface area contributed by atoms with Crippen molar-refractivity contribution >= 4 is 0 Å². The molecule has 0 heterocycles. The third-order valence-corrected chi connectivity index (χ3v) is 3.73. The molecule has 0 aromatic rings. The van der Waals surface area contributed by atoms with E-state index in [0.29, 0.717) is 5.41 Å². The molecule has 92 valence electrons.